The van der Waals surface area contributed by atoms with Gasteiger partial charge in [0.05, 0.1) is 4.90 Å². The van der Waals surface area contributed by atoms with Crippen LogP contribution in [0.3, 0.4) is 0 Å². The smallest absolute Gasteiger partial charge is 0.262 e. The second-order valence-corrected chi connectivity index (χ2v) is 5.35. The van der Waals surface area contributed by atoms with Crippen LogP contribution in [0.25, 0.3) is 0 Å². The summed E-state index contributed by atoms with van der Waals surface area (Å²) in [6.07, 6.45) is 0. The van der Waals surface area contributed by atoms with E-state index in [1.54, 1.807) is 30.3 Å². The van der Waals surface area contributed by atoms with E-state index in [1.807, 2.05) is 19.1 Å². The molecule has 0 unspecified atom stereocenters. The molecule has 0 aliphatic heterocycles. The molecule has 1 N–H and O–H groups in total. The molecule has 1 radical (unpaired) electrons. The molecule has 0 atom stereocenters. The van der Waals surface area contributed by atoms with E-state index >= 15 is 0 Å². The van der Waals surface area contributed by atoms with Crippen molar-refractivity contribution in [3.05, 3.63) is 60.2 Å². The van der Waals surface area contributed by atoms with Crippen molar-refractivity contribution in [1.29, 1.82) is 0 Å². The van der Waals surface area contributed by atoms with Crippen molar-refractivity contribution < 1.29 is 8.42 Å². The third-order valence-corrected chi connectivity index (χ3v) is 3.61. The fourth-order valence-corrected chi connectivity index (χ4v) is 2.41. The van der Waals surface area contributed by atoms with Crippen LogP contribution in [-0.2, 0) is 10.0 Å². The van der Waals surface area contributed by atoms with Crippen molar-refractivity contribution in [2.24, 2.45) is 0 Å². The minimum Gasteiger partial charge on any atom is -0.280 e. The average Bonchev–Trinajstić information content (AvgIpc) is 2.33. The number of hydrogen-bond acceptors (Lipinski definition) is 2. The number of benzene rings is 2. The number of hydrogen-bond donors (Lipinski definition) is 1. The van der Waals surface area contributed by atoms with Crippen molar-refractivity contribution in [2.75, 3.05) is 4.72 Å². The van der Waals surface area contributed by atoms with Gasteiger partial charge >= 0.3 is 0 Å². The summed E-state index contributed by atoms with van der Waals surface area (Å²) in [5, 5.41) is 0. The highest BCUT2D eigenvalue weighted by molar-refractivity contribution is 7.92. The Morgan fingerprint density at radius 2 is 1.76 bits per heavy atom. The molecular formula is C13H12NO2S. The monoisotopic (exact) mass is 246 g/mol. The minimum absolute atomic E-state index is 0.139. The van der Waals surface area contributed by atoms with Crippen LogP contribution in [0.2, 0.25) is 0 Å². The summed E-state index contributed by atoms with van der Waals surface area (Å²) < 4.78 is 26.4. The first-order valence-electron chi connectivity index (χ1n) is 5.14. The van der Waals surface area contributed by atoms with Gasteiger partial charge in [0.2, 0.25) is 0 Å². The highest BCUT2D eigenvalue weighted by Crippen LogP contribution is 2.15. The van der Waals surface area contributed by atoms with Gasteiger partial charge in [-0.25, -0.2) is 8.42 Å². The van der Waals surface area contributed by atoms with Crippen LogP contribution in [0.5, 0.6) is 0 Å². The topological polar surface area (TPSA) is 46.2 Å². The molecule has 0 saturated carbocycles. The van der Waals surface area contributed by atoms with Crippen molar-refractivity contribution >= 4 is 15.7 Å². The first-order valence-corrected chi connectivity index (χ1v) is 6.62. The van der Waals surface area contributed by atoms with Crippen LogP contribution in [0, 0.1) is 13.0 Å². The SMILES string of the molecule is Cc1ccc(NS(=O)(=O)c2[c]cccc2)cc1. The predicted octanol–water partition coefficient (Wildman–Crippen LogP) is 2.60. The number of nitrogens with one attached hydrogen (secondary N) is 1. The summed E-state index contributed by atoms with van der Waals surface area (Å²) in [6.45, 7) is 1.95. The molecule has 2 aromatic rings. The van der Waals surface area contributed by atoms with Crippen LogP contribution in [0.15, 0.2) is 53.4 Å². The lowest BCUT2D eigenvalue weighted by molar-refractivity contribution is 0.601. The molecule has 0 aromatic heterocycles. The van der Waals surface area contributed by atoms with Crippen molar-refractivity contribution in [1.82, 2.24) is 0 Å². The summed E-state index contributed by atoms with van der Waals surface area (Å²) in [6, 6.07) is 16.3. The van der Waals surface area contributed by atoms with Gasteiger partial charge in [0.15, 0.2) is 0 Å². The molecular weight excluding hydrogens is 234 g/mol. The van der Waals surface area contributed by atoms with Crippen LogP contribution in [-0.4, -0.2) is 8.42 Å². The number of anilines is 1. The van der Waals surface area contributed by atoms with Gasteiger partial charge in [-0.1, -0.05) is 35.9 Å². The summed E-state index contributed by atoms with van der Waals surface area (Å²) in [5.41, 5.74) is 1.63. The Hall–Kier alpha value is -1.81. The van der Waals surface area contributed by atoms with Crippen LogP contribution in [0.1, 0.15) is 5.56 Å². The van der Waals surface area contributed by atoms with Crippen molar-refractivity contribution in [2.45, 2.75) is 11.8 Å². The maximum absolute atomic E-state index is 11.9. The summed E-state index contributed by atoms with van der Waals surface area (Å²) in [7, 11) is -3.53. The Morgan fingerprint density at radius 1 is 1.06 bits per heavy atom. The normalized spacial score (nSPS) is 11.1. The molecule has 4 heteroatoms. The molecule has 0 aliphatic carbocycles. The van der Waals surface area contributed by atoms with Crippen molar-refractivity contribution in [3.8, 4) is 0 Å². The maximum Gasteiger partial charge on any atom is 0.262 e. The second-order valence-electron chi connectivity index (χ2n) is 3.70. The molecule has 3 nitrogen and oxygen atoms in total. The Kier molecular flexibility index (Phi) is 3.15. The van der Waals surface area contributed by atoms with E-state index in [4.69, 9.17) is 0 Å². The highest BCUT2D eigenvalue weighted by atomic mass is 32.2. The lowest BCUT2D eigenvalue weighted by atomic mass is 10.2. The van der Waals surface area contributed by atoms with E-state index in [0.717, 1.165) is 5.56 Å². The quantitative estimate of drug-likeness (QED) is 0.904. The zero-order chi connectivity index (χ0) is 12.3. The zero-order valence-electron chi connectivity index (χ0n) is 9.34. The second kappa shape index (κ2) is 4.59. The molecule has 2 aromatic carbocycles. The molecule has 0 amide bonds. The van der Waals surface area contributed by atoms with Gasteiger partial charge in [0.1, 0.15) is 0 Å². The molecule has 0 spiro atoms. The lowest BCUT2D eigenvalue weighted by Crippen LogP contribution is -2.12. The van der Waals surface area contributed by atoms with Gasteiger partial charge in [-0.2, -0.15) is 0 Å². The molecule has 0 fully saturated rings. The molecule has 0 heterocycles. The van der Waals surface area contributed by atoms with E-state index in [-0.39, 0.29) is 4.90 Å². The van der Waals surface area contributed by atoms with Gasteiger partial charge < -0.3 is 0 Å². The molecule has 0 saturated heterocycles. The fraction of sp³-hybridized carbons (Fsp3) is 0.0769. The highest BCUT2D eigenvalue weighted by Gasteiger charge is 2.13. The van der Waals surface area contributed by atoms with E-state index in [9.17, 15) is 8.42 Å². The van der Waals surface area contributed by atoms with Gasteiger partial charge in [0.25, 0.3) is 10.0 Å². The first kappa shape index (κ1) is 11.7. The molecule has 0 aliphatic rings. The third kappa shape index (κ3) is 2.85. The van der Waals surface area contributed by atoms with Gasteiger partial charge in [-0.05, 0) is 25.1 Å². The summed E-state index contributed by atoms with van der Waals surface area (Å²) >= 11 is 0. The maximum atomic E-state index is 11.9. The Balaban J connectivity index is 2.27. The molecule has 87 valence electrons. The molecule has 0 bridgehead atoms. The van der Waals surface area contributed by atoms with Gasteiger partial charge in [-0.3, -0.25) is 4.72 Å². The van der Waals surface area contributed by atoms with E-state index < -0.39 is 10.0 Å². The standard InChI is InChI=1S/C13H12NO2S/c1-11-7-9-12(10-8-11)14-17(15,16)13-5-3-2-4-6-13/h2-5,7-10,14H,1H3. The largest absolute Gasteiger partial charge is 0.280 e. The van der Waals surface area contributed by atoms with Crippen LogP contribution < -0.4 is 4.72 Å². The first-order chi connectivity index (χ1) is 8.08. The third-order valence-electron chi connectivity index (χ3n) is 2.27. The predicted molar refractivity (Wildman–Crippen MR) is 67.3 cm³/mol. The summed E-state index contributed by atoms with van der Waals surface area (Å²) in [5.74, 6) is 0. The Morgan fingerprint density at radius 3 is 2.35 bits per heavy atom. The molecule has 2 rings (SSSR count). The van der Waals surface area contributed by atoms with Crippen LogP contribution in [0.4, 0.5) is 5.69 Å². The summed E-state index contributed by atoms with van der Waals surface area (Å²) in [4.78, 5) is 0.139. The Bertz CT molecular complexity index is 589. The number of sulfonamides is 1. The van der Waals surface area contributed by atoms with E-state index in [2.05, 4.69) is 10.8 Å². The van der Waals surface area contributed by atoms with Crippen LogP contribution >= 0.6 is 0 Å². The Labute approximate surface area is 101 Å². The zero-order valence-corrected chi connectivity index (χ0v) is 10.2. The number of rotatable bonds is 3. The lowest BCUT2D eigenvalue weighted by Gasteiger charge is -2.07. The van der Waals surface area contributed by atoms with Crippen molar-refractivity contribution in [3.63, 3.8) is 0 Å². The van der Waals surface area contributed by atoms with E-state index in [0.29, 0.717) is 5.69 Å². The van der Waals surface area contributed by atoms with Gasteiger partial charge in [0, 0.05) is 11.8 Å². The van der Waals surface area contributed by atoms with Gasteiger partial charge in [-0.15, -0.1) is 0 Å². The fourth-order valence-electron chi connectivity index (χ4n) is 1.38. The number of aryl methyl sites for hydroxylation is 1. The molecule has 17 heavy (non-hydrogen) atoms. The van der Waals surface area contributed by atoms with E-state index in [1.165, 1.54) is 6.07 Å². The average molecular weight is 246 g/mol. The minimum atomic E-state index is -3.53.